The first-order chi connectivity index (χ1) is 8.88. The molecule has 0 saturated heterocycles. The molecular formula is C15H18BNO2. The molecule has 2 N–H and O–H groups in total. The van der Waals surface area contributed by atoms with Crippen LogP contribution < -0.4 is 5.46 Å². The van der Waals surface area contributed by atoms with Gasteiger partial charge in [0, 0.05) is 6.20 Å². The Kier molecular flexibility index (Phi) is 3.74. The predicted molar refractivity (Wildman–Crippen MR) is 78.2 cm³/mol. The number of hydrogen-bond acceptors (Lipinski definition) is 3. The van der Waals surface area contributed by atoms with Gasteiger partial charge in [-0.1, -0.05) is 45.0 Å². The van der Waals surface area contributed by atoms with Gasteiger partial charge in [0.2, 0.25) is 0 Å². The lowest BCUT2D eigenvalue weighted by molar-refractivity contribution is 0.426. The van der Waals surface area contributed by atoms with Crippen molar-refractivity contribution >= 4 is 12.6 Å². The van der Waals surface area contributed by atoms with Crippen LogP contribution >= 0.6 is 0 Å². The van der Waals surface area contributed by atoms with E-state index in [4.69, 9.17) is 0 Å². The lowest BCUT2D eigenvalue weighted by atomic mass is 9.79. The van der Waals surface area contributed by atoms with Gasteiger partial charge in [-0.25, -0.2) is 0 Å². The Hall–Kier alpha value is -1.65. The van der Waals surface area contributed by atoms with Gasteiger partial charge in [-0.3, -0.25) is 4.98 Å². The first-order valence-electron chi connectivity index (χ1n) is 6.31. The van der Waals surface area contributed by atoms with Gasteiger partial charge in [0.15, 0.2) is 0 Å². The highest BCUT2D eigenvalue weighted by Crippen LogP contribution is 2.25. The molecule has 19 heavy (non-hydrogen) atoms. The zero-order chi connectivity index (χ0) is 14.0. The summed E-state index contributed by atoms with van der Waals surface area (Å²) < 4.78 is 0. The van der Waals surface area contributed by atoms with Crippen LogP contribution in [0.2, 0.25) is 0 Å². The van der Waals surface area contributed by atoms with Gasteiger partial charge in [0.1, 0.15) is 0 Å². The van der Waals surface area contributed by atoms with Crippen LogP contribution in [-0.2, 0) is 5.41 Å². The monoisotopic (exact) mass is 255 g/mol. The zero-order valence-electron chi connectivity index (χ0n) is 11.5. The highest BCUT2D eigenvalue weighted by atomic mass is 16.4. The van der Waals surface area contributed by atoms with Crippen molar-refractivity contribution < 1.29 is 10.0 Å². The summed E-state index contributed by atoms with van der Waals surface area (Å²) in [4.78, 5) is 4.36. The standard InChI is InChI=1S/C15H18BNO2/c1-15(2,3)12-7-8-17-14(10-12)11-5-4-6-13(9-11)16(18)19/h4-10,18-19H,1-3H3. The normalized spacial score (nSPS) is 11.4. The highest BCUT2D eigenvalue weighted by Gasteiger charge is 2.15. The van der Waals surface area contributed by atoms with Crippen molar-refractivity contribution in [3.05, 3.63) is 48.2 Å². The molecule has 1 aromatic heterocycles. The molecule has 98 valence electrons. The quantitative estimate of drug-likeness (QED) is 0.803. The molecule has 0 aliphatic heterocycles. The van der Waals surface area contributed by atoms with E-state index in [-0.39, 0.29) is 5.41 Å². The lowest BCUT2D eigenvalue weighted by Gasteiger charge is -2.19. The molecule has 0 atom stereocenters. The number of pyridine rings is 1. The Bertz CT molecular complexity index is 576. The fourth-order valence-electron chi connectivity index (χ4n) is 1.91. The molecule has 0 aliphatic carbocycles. The third-order valence-corrected chi connectivity index (χ3v) is 3.11. The van der Waals surface area contributed by atoms with Crippen LogP contribution in [-0.4, -0.2) is 22.2 Å². The number of aromatic nitrogens is 1. The van der Waals surface area contributed by atoms with E-state index in [2.05, 4.69) is 25.8 Å². The second-order valence-corrected chi connectivity index (χ2v) is 5.68. The molecule has 0 fully saturated rings. The van der Waals surface area contributed by atoms with Crippen molar-refractivity contribution in [2.24, 2.45) is 0 Å². The first-order valence-corrected chi connectivity index (χ1v) is 6.31. The van der Waals surface area contributed by atoms with Crippen LogP contribution in [0.4, 0.5) is 0 Å². The molecule has 0 bridgehead atoms. The molecule has 2 rings (SSSR count). The average molecular weight is 255 g/mol. The Morgan fingerprint density at radius 3 is 2.42 bits per heavy atom. The maximum Gasteiger partial charge on any atom is 0.488 e. The molecule has 1 aromatic carbocycles. The molecule has 0 spiro atoms. The number of benzene rings is 1. The maximum absolute atomic E-state index is 9.21. The van der Waals surface area contributed by atoms with E-state index in [1.807, 2.05) is 18.2 Å². The Morgan fingerprint density at radius 1 is 1.05 bits per heavy atom. The third-order valence-electron chi connectivity index (χ3n) is 3.11. The molecule has 2 aromatic rings. The summed E-state index contributed by atoms with van der Waals surface area (Å²) in [6.45, 7) is 6.46. The first kappa shape index (κ1) is 13.8. The van der Waals surface area contributed by atoms with Crippen molar-refractivity contribution in [3.8, 4) is 11.3 Å². The van der Waals surface area contributed by atoms with Gasteiger partial charge in [0.25, 0.3) is 0 Å². The summed E-state index contributed by atoms with van der Waals surface area (Å²) in [7, 11) is -1.45. The maximum atomic E-state index is 9.21. The summed E-state index contributed by atoms with van der Waals surface area (Å²) in [5, 5.41) is 18.4. The van der Waals surface area contributed by atoms with Crippen molar-refractivity contribution in [1.82, 2.24) is 4.98 Å². The smallest absolute Gasteiger partial charge is 0.423 e. The summed E-state index contributed by atoms with van der Waals surface area (Å²) in [6, 6.07) is 11.2. The van der Waals surface area contributed by atoms with Crippen LogP contribution in [0.25, 0.3) is 11.3 Å². The third kappa shape index (κ3) is 3.22. The van der Waals surface area contributed by atoms with Crippen LogP contribution in [0.15, 0.2) is 42.6 Å². The van der Waals surface area contributed by atoms with Gasteiger partial charge in [0.05, 0.1) is 5.69 Å². The van der Waals surface area contributed by atoms with E-state index in [9.17, 15) is 10.0 Å². The Labute approximate surface area is 114 Å². The van der Waals surface area contributed by atoms with E-state index in [0.717, 1.165) is 11.3 Å². The summed E-state index contributed by atoms with van der Waals surface area (Å²) in [5.74, 6) is 0. The second kappa shape index (κ2) is 5.15. The summed E-state index contributed by atoms with van der Waals surface area (Å²) in [6.07, 6.45) is 1.79. The molecule has 3 nitrogen and oxygen atoms in total. The van der Waals surface area contributed by atoms with Gasteiger partial charge in [-0.15, -0.1) is 0 Å². The van der Waals surface area contributed by atoms with Crippen LogP contribution in [0, 0.1) is 0 Å². The fourth-order valence-corrected chi connectivity index (χ4v) is 1.91. The SMILES string of the molecule is CC(C)(C)c1ccnc(-c2cccc(B(O)O)c2)c1. The Balaban J connectivity index is 2.45. The van der Waals surface area contributed by atoms with Crippen LogP contribution in [0.3, 0.4) is 0 Å². The summed E-state index contributed by atoms with van der Waals surface area (Å²) in [5.41, 5.74) is 3.46. The minimum Gasteiger partial charge on any atom is -0.423 e. The minimum atomic E-state index is -1.45. The molecular weight excluding hydrogens is 237 g/mol. The van der Waals surface area contributed by atoms with Crippen LogP contribution in [0.1, 0.15) is 26.3 Å². The van der Waals surface area contributed by atoms with Gasteiger partial charge >= 0.3 is 7.12 Å². The van der Waals surface area contributed by atoms with E-state index < -0.39 is 7.12 Å². The molecule has 0 amide bonds. The number of nitrogens with zero attached hydrogens (tertiary/aromatic N) is 1. The molecule has 0 radical (unpaired) electrons. The van der Waals surface area contributed by atoms with Crippen molar-refractivity contribution in [2.75, 3.05) is 0 Å². The fraction of sp³-hybridized carbons (Fsp3) is 0.267. The van der Waals surface area contributed by atoms with Crippen molar-refractivity contribution in [2.45, 2.75) is 26.2 Å². The molecule has 0 unspecified atom stereocenters. The van der Waals surface area contributed by atoms with Crippen LogP contribution in [0.5, 0.6) is 0 Å². The zero-order valence-corrected chi connectivity index (χ0v) is 11.5. The molecule has 0 saturated carbocycles. The molecule has 1 heterocycles. The van der Waals surface area contributed by atoms with E-state index in [1.54, 1.807) is 24.4 Å². The topological polar surface area (TPSA) is 53.4 Å². The van der Waals surface area contributed by atoms with E-state index in [1.165, 1.54) is 5.56 Å². The highest BCUT2D eigenvalue weighted by molar-refractivity contribution is 6.58. The minimum absolute atomic E-state index is 0.0613. The van der Waals surface area contributed by atoms with E-state index >= 15 is 0 Å². The van der Waals surface area contributed by atoms with Gasteiger partial charge in [-0.05, 0) is 34.1 Å². The van der Waals surface area contributed by atoms with Crippen molar-refractivity contribution in [3.63, 3.8) is 0 Å². The molecule has 4 heteroatoms. The molecule has 0 aliphatic rings. The van der Waals surface area contributed by atoms with Gasteiger partial charge < -0.3 is 10.0 Å². The largest absolute Gasteiger partial charge is 0.488 e. The predicted octanol–water partition coefficient (Wildman–Crippen LogP) is 1.73. The second-order valence-electron chi connectivity index (χ2n) is 5.68. The summed E-state index contributed by atoms with van der Waals surface area (Å²) >= 11 is 0. The number of hydrogen-bond donors (Lipinski definition) is 2. The lowest BCUT2D eigenvalue weighted by Crippen LogP contribution is -2.29. The average Bonchev–Trinajstić information content (AvgIpc) is 2.38. The Morgan fingerprint density at radius 2 is 1.79 bits per heavy atom. The number of rotatable bonds is 2. The van der Waals surface area contributed by atoms with Crippen molar-refractivity contribution in [1.29, 1.82) is 0 Å². The van der Waals surface area contributed by atoms with E-state index in [0.29, 0.717) is 5.46 Å². The van der Waals surface area contributed by atoms with Gasteiger partial charge in [-0.2, -0.15) is 0 Å².